The first-order valence-electron chi connectivity index (χ1n) is 8.51. The number of likely N-dealkylation sites (tertiary alicyclic amines) is 1. The first-order chi connectivity index (χ1) is 11.4. The summed E-state index contributed by atoms with van der Waals surface area (Å²) in [5.41, 5.74) is 1.44. The van der Waals surface area contributed by atoms with Gasteiger partial charge >= 0.3 is 0 Å². The molecule has 1 atom stereocenters. The van der Waals surface area contributed by atoms with Gasteiger partial charge in [-0.2, -0.15) is 0 Å². The van der Waals surface area contributed by atoms with E-state index in [2.05, 4.69) is 50.9 Å². The third-order valence-corrected chi connectivity index (χ3v) is 4.05. The second kappa shape index (κ2) is 6.81. The van der Waals surface area contributed by atoms with E-state index in [1.165, 1.54) is 0 Å². The van der Waals surface area contributed by atoms with Crippen LogP contribution >= 0.6 is 0 Å². The molecule has 6 nitrogen and oxygen atoms in total. The van der Waals surface area contributed by atoms with Crippen molar-refractivity contribution in [2.75, 3.05) is 25.0 Å². The topological polar surface area (TPSA) is 66.8 Å². The summed E-state index contributed by atoms with van der Waals surface area (Å²) in [7, 11) is 0. The molecule has 1 unspecified atom stereocenters. The van der Waals surface area contributed by atoms with Crippen molar-refractivity contribution in [1.29, 1.82) is 0 Å². The van der Waals surface area contributed by atoms with Crippen LogP contribution in [0.2, 0.25) is 0 Å². The lowest BCUT2D eigenvalue weighted by molar-refractivity contribution is 0.225. The molecule has 0 bridgehead atoms. The third kappa shape index (κ3) is 4.47. The number of aromatic nitrogens is 4. The summed E-state index contributed by atoms with van der Waals surface area (Å²) < 4.78 is 0. The number of anilines is 2. The number of aryl methyl sites for hydroxylation is 1. The summed E-state index contributed by atoms with van der Waals surface area (Å²) >= 11 is 0. The van der Waals surface area contributed by atoms with Crippen molar-refractivity contribution in [2.24, 2.45) is 5.41 Å². The van der Waals surface area contributed by atoms with Crippen LogP contribution in [0.4, 0.5) is 11.8 Å². The summed E-state index contributed by atoms with van der Waals surface area (Å²) in [6, 6.07) is 3.83. The third-order valence-electron chi connectivity index (χ3n) is 4.05. The molecule has 0 amide bonds. The normalized spacial score (nSPS) is 18.8. The van der Waals surface area contributed by atoms with E-state index in [1.54, 1.807) is 18.5 Å². The van der Waals surface area contributed by atoms with Crippen LogP contribution in [0.25, 0.3) is 0 Å². The van der Waals surface area contributed by atoms with Crippen LogP contribution in [0.5, 0.6) is 0 Å². The molecule has 0 saturated carbocycles. The molecule has 0 aliphatic carbocycles. The van der Waals surface area contributed by atoms with Crippen LogP contribution in [-0.2, 0) is 0 Å². The molecule has 128 valence electrons. The molecule has 1 fully saturated rings. The highest BCUT2D eigenvalue weighted by atomic mass is 15.2. The average Bonchev–Trinajstić information content (AvgIpc) is 2.94. The zero-order valence-corrected chi connectivity index (χ0v) is 15.0. The number of nitrogens with one attached hydrogen (secondary N) is 1. The quantitative estimate of drug-likeness (QED) is 0.931. The van der Waals surface area contributed by atoms with E-state index < -0.39 is 0 Å². The Balaban J connectivity index is 1.72. The van der Waals surface area contributed by atoms with Gasteiger partial charge in [-0.1, -0.05) is 20.8 Å². The van der Waals surface area contributed by atoms with Crippen molar-refractivity contribution >= 4 is 11.8 Å². The Kier molecular flexibility index (Phi) is 4.76. The predicted molar refractivity (Wildman–Crippen MR) is 95.3 cm³/mol. The fourth-order valence-electron chi connectivity index (χ4n) is 3.23. The molecule has 1 aliphatic rings. The standard InChI is InChI=1S/C18H26N6/c1-13-21-15(14-6-9-24(11-14)12-18(2,3)4)10-16(22-13)23-17-19-7-5-8-20-17/h5,7-8,10,14H,6,9,11-12H2,1-4H3,(H,19,20,21,22,23). The van der Waals surface area contributed by atoms with Crippen LogP contribution < -0.4 is 5.32 Å². The lowest BCUT2D eigenvalue weighted by atomic mass is 9.96. The van der Waals surface area contributed by atoms with E-state index in [-0.39, 0.29) is 0 Å². The minimum atomic E-state index is 0.327. The van der Waals surface area contributed by atoms with Gasteiger partial charge in [0.1, 0.15) is 11.6 Å². The maximum Gasteiger partial charge on any atom is 0.228 e. The summed E-state index contributed by atoms with van der Waals surface area (Å²) in [6.45, 7) is 12.1. The van der Waals surface area contributed by atoms with Gasteiger partial charge in [0.2, 0.25) is 5.95 Å². The maximum absolute atomic E-state index is 4.67. The van der Waals surface area contributed by atoms with Gasteiger partial charge in [-0.05, 0) is 31.4 Å². The highest BCUT2D eigenvalue weighted by Gasteiger charge is 2.28. The van der Waals surface area contributed by atoms with Crippen LogP contribution in [0.15, 0.2) is 24.5 Å². The molecular formula is C18H26N6. The Bertz CT molecular complexity index is 680. The van der Waals surface area contributed by atoms with Gasteiger partial charge in [-0.3, -0.25) is 0 Å². The second-order valence-electron chi connectivity index (χ2n) is 7.70. The van der Waals surface area contributed by atoms with Crippen LogP contribution in [0.1, 0.15) is 44.6 Å². The molecule has 0 radical (unpaired) electrons. The average molecular weight is 326 g/mol. The van der Waals surface area contributed by atoms with Crippen molar-refractivity contribution in [3.63, 3.8) is 0 Å². The van der Waals surface area contributed by atoms with Gasteiger partial charge in [-0.15, -0.1) is 0 Å². The van der Waals surface area contributed by atoms with Crippen molar-refractivity contribution < 1.29 is 0 Å². The summed E-state index contributed by atoms with van der Waals surface area (Å²) in [6.07, 6.45) is 4.57. The van der Waals surface area contributed by atoms with Crippen molar-refractivity contribution in [3.05, 3.63) is 36.0 Å². The largest absolute Gasteiger partial charge is 0.309 e. The minimum absolute atomic E-state index is 0.327. The number of hydrogen-bond acceptors (Lipinski definition) is 6. The lowest BCUT2D eigenvalue weighted by Crippen LogP contribution is -2.30. The molecule has 3 rings (SSSR count). The van der Waals surface area contributed by atoms with E-state index in [0.29, 0.717) is 17.3 Å². The number of rotatable bonds is 4. The zero-order valence-electron chi connectivity index (χ0n) is 15.0. The Morgan fingerprint density at radius 1 is 1.21 bits per heavy atom. The molecule has 24 heavy (non-hydrogen) atoms. The lowest BCUT2D eigenvalue weighted by Gasteiger charge is -2.26. The van der Waals surface area contributed by atoms with Crippen LogP contribution in [0.3, 0.4) is 0 Å². The van der Waals surface area contributed by atoms with Gasteiger partial charge in [0, 0.05) is 37.5 Å². The predicted octanol–water partition coefficient (Wildman–Crippen LogP) is 3.15. The molecule has 1 N–H and O–H groups in total. The molecule has 1 aliphatic heterocycles. The molecule has 0 spiro atoms. The Morgan fingerprint density at radius 2 is 1.96 bits per heavy atom. The molecule has 3 heterocycles. The van der Waals surface area contributed by atoms with Gasteiger partial charge in [0.05, 0.1) is 5.69 Å². The van der Waals surface area contributed by atoms with Crippen molar-refractivity contribution in [3.8, 4) is 0 Å². The zero-order chi connectivity index (χ0) is 17.2. The van der Waals surface area contributed by atoms with E-state index in [0.717, 1.165) is 43.4 Å². The highest BCUT2D eigenvalue weighted by molar-refractivity contribution is 5.48. The molecule has 2 aromatic heterocycles. The number of hydrogen-bond donors (Lipinski definition) is 1. The molecular weight excluding hydrogens is 300 g/mol. The van der Waals surface area contributed by atoms with Crippen molar-refractivity contribution in [1.82, 2.24) is 24.8 Å². The van der Waals surface area contributed by atoms with Gasteiger partial charge in [0.15, 0.2) is 0 Å². The highest BCUT2D eigenvalue weighted by Crippen LogP contribution is 2.29. The maximum atomic E-state index is 4.67. The van der Waals surface area contributed by atoms with Gasteiger partial charge in [0.25, 0.3) is 0 Å². The Labute approximate surface area is 143 Å². The van der Waals surface area contributed by atoms with Crippen LogP contribution in [0, 0.1) is 12.3 Å². The fourth-order valence-corrected chi connectivity index (χ4v) is 3.23. The fraction of sp³-hybridized carbons (Fsp3) is 0.556. The van der Waals surface area contributed by atoms with Gasteiger partial charge in [-0.25, -0.2) is 19.9 Å². The molecule has 0 aromatic carbocycles. The van der Waals surface area contributed by atoms with E-state index in [9.17, 15) is 0 Å². The first-order valence-corrected chi connectivity index (χ1v) is 8.51. The molecule has 2 aromatic rings. The van der Waals surface area contributed by atoms with Crippen molar-refractivity contribution in [2.45, 2.75) is 40.0 Å². The van der Waals surface area contributed by atoms with E-state index in [1.807, 2.05) is 13.0 Å². The van der Waals surface area contributed by atoms with E-state index >= 15 is 0 Å². The number of nitrogens with zero attached hydrogens (tertiary/aromatic N) is 5. The van der Waals surface area contributed by atoms with Gasteiger partial charge < -0.3 is 10.2 Å². The van der Waals surface area contributed by atoms with E-state index in [4.69, 9.17) is 0 Å². The Hall–Kier alpha value is -2.08. The summed E-state index contributed by atoms with van der Waals surface area (Å²) in [5, 5.41) is 3.17. The second-order valence-corrected chi connectivity index (χ2v) is 7.70. The Morgan fingerprint density at radius 3 is 2.67 bits per heavy atom. The first kappa shape index (κ1) is 16.8. The monoisotopic (exact) mass is 326 g/mol. The summed E-state index contributed by atoms with van der Waals surface area (Å²) in [5.74, 6) is 2.56. The summed E-state index contributed by atoms with van der Waals surface area (Å²) in [4.78, 5) is 20.1. The SMILES string of the molecule is Cc1nc(Nc2ncccn2)cc(C2CCN(CC(C)(C)C)C2)n1. The van der Waals surface area contributed by atoms with Crippen LogP contribution in [-0.4, -0.2) is 44.5 Å². The minimum Gasteiger partial charge on any atom is -0.309 e. The molecule has 1 saturated heterocycles. The smallest absolute Gasteiger partial charge is 0.228 e. The molecule has 6 heteroatoms.